The van der Waals surface area contributed by atoms with Gasteiger partial charge in [0, 0.05) is 6.54 Å². The molecule has 2 aromatic rings. The Morgan fingerprint density at radius 2 is 1.92 bits per heavy atom. The highest BCUT2D eigenvalue weighted by Gasteiger charge is 2.23. The van der Waals surface area contributed by atoms with E-state index >= 15 is 0 Å². The van der Waals surface area contributed by atoms with Gasteiger partial charge in [-0.3, -0.25) is 9.52 Å². The van der Waals surface area contributed by atoms with Crippen molar-refractivity contribution in [2.75, 3.05) is 18.4 Å². The molecule has 1 amide bonds. The smallest absolute Gasteiger partial charge is 0.265 e. The van der Waals surface area contributed by atoms with Crippen molar-refractivity contribution in [3.05, 3.63) is 53.8 Å². The van der Waals surface area contributed by atoms with E-state index in [2.05, 4.69) is 10.0 Å². The zero-order valence-electron chi connectivity index (χ0n) is 14.6. The van der Waals surface area contributed by atoms with Gasteiger partial charge in [-0.05, 0) is 36.8 Å². The van der Waals surface area contributed by atoms with Gasteiger partial charge < -0.3 is 10.1 Å². The number of hydrogen-bond donors (Lipinski definition) is 2. The Labute approximate surface area is 152 Å². The number of methoxy groups -OCH3 is 1. The SMILES string of the molecule is CCCCNC(=O)c1ccccc1NS(=O)(=O)c1cc(F)ccc1OC. The lowest BCUT2D eigenvalue weighted by atomic mass is 10.1. The summed E-state index contributed by atoms with van der Waals surface area (Å²) in [6.45, 7) is 2.49. The zero-order chi connectivity index (χ0) is 19.2. The number of carbonyl (C=O) groups is 1. The maximum absolute atomic E-state index is 13.5. The van der Waals surface area contributed by atoms with Crippen molar-refractivity contribution < 1.29 is 22.3 Å². The van der Waals surface area contributed by atoms with Crippen LogP contribution in [-0.2, 0) is 10.0 Å². The Bertz CT molecular complexity index is 885. The van der Waals surface area contributed by atoms with Gasteiger partial charge in [0.2, 0.25) is 0 Å². The first-order valence-electron chi connectivity index (χ1n) is 8.12. The van der Waals surface area contributed by atoms with Gasteiger partial charge in [0.15, 0.2) is 0 Å². The molecule has 0 aliphatic carbocycles. The molecule has 2 rings (SSSR count). The first-order valence-corrected chi connectivity index (χ1v) is 9.61. The molecule has 0 heterocycles. The summed E-state index contributed by atoms with van der Waals surface area (Å²) in [4.78, 5) is 12.0. The first kappa shape index (κ1) is 19.7. The summed E-state index contributed by atoms with van der Waals surface area (Å²) in [5.41, 5.74) is 0.287. The molecule has 26 heavy (non-hydrogen) atoms. The van der Waals surface area contributed by atoms with E-state index in [0.29, 0.717) is 6.54 Å². The Morgan fingerprint density at radius 1 is 1.19 bits per heavy atom. The van der Waals surface area contributed by atoms with Crippen molar-refractivity contribution in [2.24, 2.45) is 0 Å². The second-order valence-electron chi connectivity index (χ2n) is 5.56. The fourth-order valence-corrected chi connectivity index (χ4v) is 3.57. The summed E-state index contributed by atoms with van der Waals surface area (Å²) in [6, 6.07) is 9.42. The third-order valence-corrected chi connectivity index (χ3v) is 5.03. The third-order valence-electron chi connectivity index (χ3n) is 3.65. The number of hydrogen-bond acceptors (Lipinski definition) is 4. The quantitative estimate of drug-likeness (QED) is 0.689. The number of para-hydroxylation sites is 1. The molecular formula is C18H21FN2O4S. The van der Waals surface area contributed by atoms with Gasteiger partial charge in [-0.2, -0.15) is 0 Å². The maximum Gasteiger partial charge on any atom is 0.265 e. The van der Waals surface area contributed by atoms with Crippen molar-refractivity contribution in [1.82, 2.24) is 5.32 Å². The molecule has 2 N–H and O–H groups in total. The van der Waals surface area contributed by atoms with E-state index < -0.39 is 15.8 Å². The molecule has 0 spiro atoms. The molecule has 140 valence electrons. The van der Waals surface area contributed by atoms with E-state index in [-0.39, 0.29) is 27.8 Å². The van der Waals surface area contributed by atoms with E-state index in [1.165, 1.54) is 25.3 Å². The lowest BCUT2D eigenvalue weighted by Crippen LogP contribution is -2.26. The Hall–Kier alpha value is -2.61. The average Bonchev–Trinajstić information content (AvgIpc) is 2.62. The molecule has 6 nitrogen and oxygen atoms in total. The van der Waals surface area contributed by atoms with Crippen LogP contribution in [0.5, 0.6) is 5.75 Å². The largest absolute Gasteiger partial charge is 0.495 e. The van der Waals surface area contributed by atoms with Gasteiger partial charge in [-0.15, -0.1) is 0 Å². The molecule has 2 aromatic carbocycles. The van der Waals surface area contributed by atoms with E-state index in [9.17, 15) is 17.6 Å². The summed E-state index contributed by atoms with van der Waals surface area (Å²) in [5, 5.41) is 2.74. The number of amides is 1. The second-order valence-corrected chi connectivity index (χ2v) is 7.21. The van der Waals surface area contributed by atoms with Crippen molar-refractivity contribution in [3.8, 4) is 5.75 Å². The van der Waals surface area contributed by atoms with Crippen molar-refractivity contribution in [3.63, 3.8) is 0 Å². The van der Waals surface area contributed by atoms with E-state index in [0.717, 1.165) is 25.0 Å². The van der Waals surface area contributed by atoms with Crippen molar-refractivity contribution in [2.45, 2.75) is 24.7 Å². The van der Waals surface area contributed by atoms with Crippen LogP contribution in [0.1, 0.15) is 30.1 Å². The van der Waals surface area contributed by atoms with E-state index in [1.807, 2.05) is 6.92 Å². The summed E-state index contributed by atoms with van der Waals surface area (Å²) in [5.74, 6) is -1.09. The summed E-state index contributed by atoms with van der Waals surface area (Å²) in [7, 11) is -2.86. The zero-order valence-corrected chi connectivity index (χ0v) is 15.4. The van der Waals surface area contributed by atoms with Gasteiger partial charge in [0.05, 0.1) is 18.4 Å². The summed E-state index contributed by atoms with van der Waals surface area (Å²) >= 11 is 0. The minimum Gasteiger partial charge on any atom is -0.495 e. The standard InChI is InChI=1S/C18H21FN2O4S/c1-3-4-11-20-18(22)14-7-5-6-8-15(14)21-26(23,24)17-12-13(19)9-10-16(17)25-2/h5-10,12,21H,3-4,11H2,1-2H3,(H,20,22). The van der Waals surface area contributed by atoms with Crippen LogP contribution in [-0.4, -0.2) is 28.0 Å². The molecule has 0 bridgehead atoms. The highest BCUT2D eigenvalue weighted by atomic mass is 32.2. The minimum atomic E-state index is -4.15. The first-order chi connectivity index (χ1) is 12.4. The highest BCUT2D eigenvalue weighted by molar-refractivity contribution is 7.92. The van der Waals surface area contributed by atoms with Crippen molar-refractivity contribution >= 4 is 21.6 Å². The fraction of sp³-hybridized carbons (Fsp3) is 0.278. The minimum absolute atomic E-state index is 0.00350. The molecular weight excluding hydrogens is 359 g/mol. The number of nitrogens with one attached hydrogen (secondary N) is 2. The molecule has 0 fully saturated rings. The lowest BCUT2D eigenvalue weighted by Gasteiger charge is -2.14. The van der Waals surface area contributed by atoms with Gasteiger partial charge >= 0.3 is 0 Å². The Balaban J connectivity index is 2.33. The van der Waals surface area contributed by atoms with Gasteiger partial charge in [0.25, 0.3) is 15.9 Å². The second kappa shape index (κ2) is 8.66. The van der Waals surface area contributed by atoms with E-state index in [1.54, 1.807) is 12.1 Å². The Kier molecular flexibility index (Phi) is 6.57. The van der Waals surface area contributed by atoms with Crippen molar-refractivity contribution in [1.29, 1.82) is 0 Å². The molecule has 8 heteroatoms. The summed E-state index contributed by atoms with van der Waals surface area (Å²) < 4.78 is 46.2. The van der Waals surface area contributed by atoms with Crippen LogP contribution in [0.25, 0.3) is 0 Å². The van der Waals surface area contributed by atoms with Gasteiger partial charge in [-0.25, -0.2) is 12.8 Å². The molecule has 0 radical (unpaired) electrons. The number of halogens is 1. The van der Waals surface area contributed by atoms with Crippen LogP contribution in [0.15, 0.2) is 47.4 Å². The number of benzene rings is 2. The maximum atomic E-state index is 13.5. The van der Waals surface area contributed by atoms with E-state index in [4.69, 9.17) is 4.74 Å². The van der Waals surface area contributed by atoms with Crippen LogP contribution >= 0.6 is 0 Å². The number of sulfonamides is 1. The predicted molar refractivity (Wildman–Crippen MR) is 97.4 cm³/mol. The number of rotatable bonds is 8. The number of carbonyl (C=O) groups excluding carboxylic acids is 1. The topological polar surface area (TPSA) is 84.5 Å². The van der Waals surface area contributed by atoms with Gasteiger partial charge in [-0.1, -0.05) is 25.5 Å². The molecule has 0 saturated heterocycles. The molecule has 0 aromatic heterocycles. The molecule has 0 aliphatic heterocycles. The van der Waals surface area contributed by atoms with Crippen LogP contribution in [0.3, 0.4) is 0 Å². The van der Waals surface area contributed by atoms with Crippen LogP contribution in [0.4, 0.5) is 10.1 Å². The normalized spacial score (nSPS) is 11.0. The monoisotopic (exact) mass is 380 g/mol. The lowest BCUT2D eigenvalue weighted by molar-refractivity contribution is 0.0954. The molecule has 0 unspecified atom stereocenters. The predicted octanol–water partition coefficient (Wildman–Crippen LogP) is 3.17. The molecule has 0 atom stereocenters. The van der Waals surface area contributed by atoms with Crippen LogP contribution < -0.4 is 14.8 Å². The summed E-state index contributed by atoms with van der Waals surface area (Å²) in [6.07, 6.45) is 1.74. The number of unbranched alkanes of at least 4 members (excludes halogenated alkanes) is 1. The molecule has 0 saturated carbocycles. The number of anilines is 1. The van der Waals surface area contributed by atoms with Crippen LogP contribution in [0, 0.1) is 5.82 Å². The average molecular weight is 380 g/mol. The highest BCUT2D eigenvalue weighted by Crippen LogP contribution is 2.27. The fourth-order valence-electron chi connectivity index (χ4n) is 2.30. The number of ether oxygens (including phenoxy) is 1. The van der Waals surface area contributed by atoms with Gasteiger partial charge in [0.1, 0.15) is 16.5 Å². The van der Waals surface area contributed by atoms with Crippen LogP contribution in [0.2, 0.25) is 0 Å². The Morgan fingerprint density at radius 3 is 2.62 bits per heavy atom. The third kappa shape index (κ3) is 4.72. The molecule has 0 aliphatic rings.